The molecule has 6 heteroatoms. The summed E-state index contributed by atoms with van der Waals surface area (Å²) in [6.45, 7) is 3.57. The van der Waals surface area contributed by atoms with Gasteiger partial charge in [0.1, 0.15) is 4.75 Å². The summed E-state index contributed by atoms with van der Waals surface area (Å²) in [5.41, 5.74) is 0.999. The minimum absolute atomic E-state index is 0.0657. The number of hydrogen-bond donors (Lipinski definition) is 0. The summed E-state index contributed by atoms with van der Waals surface area (Å²) in [6.07, 6.45) is 0. The zero-order valence-corrected chi connectivity index (χ0v) is 11.3. The smallest absolute Gasteiger partial charge is 0.321 e. The molecular formula is C12H15NO4S. The van der Waals surface area contributed by atoms with Crippen LogP contribution in [-0.2, 0) is 15.3 Å². The van der Waals surface area contributed by atoms with Crippen molar-refractivity contribution in [3.63, 3.8) is 0 Å². The fourth-order valence-electron chi connectivity index (χ4n) is 1.28. The molecule has 0 atom stereocenters. The molecule has 5 nitrogen and oxygen atoms in total. The fraction of sp³-hybridized carbons (Fsp3) is 0.417. The van der Waals surface area contributed by atoms with E-state index in [2.05, 4.69) is 0 Å². The van der Waals surface area contributed by atoms with Gasteiger partial charge >= 0.3 is 5.97 Å². The normalized spacial score (nSPS) is 11.1. The van der Waals surface area contributed by atoms with Crippen LogP contribution in [0.15, 0.2) is 24.3 Å². The Morgan fingerprint density at radius 3 is 2.39 bits per heavy atom. The van der Waals surface area contributed by atoms with Gasteiger partial charge in [-0.25, -0.2) is 0 Å². The summed E-state index contributed by atoms with van der Waals surface area (Å²) in [6, 6.07) is 6.30. The topological polar surface area (TPSA) is 69.4 Å². The summed E-state index contributed by atoms with van der Waals surface area (Å²) in [5.74, 6) is 0.314. The third-order valence-electron chi connectivity index (χ3n) is 2.42. The van der Waals surface area contributed by atoms with Crippen molar-refractivity contribution in [2.45, 2.75) is 24.3 Å². The van der Waals surface area contributed by atoms with Crippen LogP contribution < -0.4 is 0 Å². The second kappa shape index (κ2) is 5.86. The summed E-state index contributed by atoms with van der Waals surface area (Å²) in [5, 5.41) is 10.5. The van der Waals surface area contributed by atoms with E-state index in [1.54, 1.807) is 26.0 Å². The van der Waals surface area contributed by atoms with Gasteiger partial charge in [-0.05, 0) is 19.4 Å². The highest BCUT2D eigenvalue weighted by molar-refractivity contribution is 8.00. The van der Waals surface area contributed by atoms with E-state index in [1.165, 1.54) is 31.0 Å². The average molecular weight is 269 g/mol. The number of benzene rings is 1. The van der Waals surface area contributed by atoms with Crippen LogP contribution in [0.3, 0.4) is 0 Å². The number of esters is 1. The van der Waals surface area contributed by atoms with Gasteiger partial charge in [0.25, 0.3) is 5.69 Å². The predicted octanol–water partition coefficient (Wildman–Crippen LogP) is 2.78. The molecule has 1 aromatic rings. The number of rotatable bonds is 5. The number of carbonyl (C=O) groups is 1. The number of methoxy groups -OCH3 is 1. The van der Waals surface area contributed by atoms with Crippen LogP contribution in [0.5, 0.6) is 0 Å². The molecule has 0 heterocycles. The first kappa shape index (κ1) is 14.5. The van der Waals surface area contributed by atoms with Gasteiger partial charge in [0.15, 0.2) is 0 Å². The lowest BCUT2D eigenvalue weighted by molar-refractivity contribution is -0.384. The van der Waals surface area contributed by atoms with E-state index in [0.29, 0.717) is 5.75 Å². The number of nitro groups is 1. The molecule has 0 amide bonds. The Labute approximate surface area is 110 Å². The SMILES string of the molecule is COC(=O)C(C)(C)SCc1ccc([N+](=O)[O-])cc1. The molecule has 0 aromatic heterocycles. The first-order valence-electron chi connectivity index (χ1n) is 5.32. The number of nitrogens with zero attached hydrogens (tertiary/aromatic N) is 1. The highest BCUT2D eigenvalue weighted by Gasteiger charge is 2.29. The maximum atomic E-state index is 11.5. The number of ether oxygens (including phenoxy) is 1. The minimum Gasteiger partial charge on any atom is -0.468 e. The molecule has 1 aromatic carbocycles. The van der Waals surface area contributed by atoms with E-state index >= 15 is 0 Å². The maximum Gasteiger partial charge on any atom is 0.321 e. The van der Waals surface area contributed by atoms with Crippen molar-refractivity contribution < 1.29 is 14.5 Å². The van der Waals surface area contributed by atoms with Crippen LogP contribution >= 0.6 is 11.8 Å². The van der Waals surface area contributed by atoms with Crippen molar-refractivity contribution in [3.8, 4) is 0 Å². The Morgan fingerprint density at radius 2 is 1.94 bits per heavy atom. The lowest BCUT2D eigenvalue weighted by Gasteiger charge is -2.20. The second-order valence-corrected chi connectivity index (χ2v) is 5.81. The fourth-order valence-corrected chi connectivity index (χ4v) is 2.20. The van der Waals surface area contributed by atoms with E-state index in [1.807, 2.05) is 0 Å². The molecular weight excluding hydrogens is 254 g/mol. The van der Waals surface area contributed by atoms with Crippen molar-refractivity contribution >= 4 is 23.4 Å². The van der Waals surface area contributed by atoms with E-state index in [9.17, 15) is 14.9 Å². The molecule has 0 saturated heterocycles. The van der Waals surface area contributed by atoms with E-state index in [0.717, 1.165) is 5.56 Å². The standard InChI is InChI=1S/C12H15NO4S/c1-12(2,11(14)17-3)18-8-9-4-6-10(7-5-9)13(15)16/h4-7H,8H2,1-3H3. The van der Waals surface area contributed by atoms with Crippen LogP contribution in [-0.4, -0.2) is 22.7 Å². The van der Waals surface area contributed by atoms with Gasteiger partial charge in [0.05, 0.1) is 12.0 Å². The van der Waals surface area contributed by atoms with E-state index < -0.39 is 9.67 Å². The van der Waals surface area contributed by atoms with Gasteiger partial charge in [0, 0.05) is 17.9 Å². The summed E-state index contributed by atoms with van der Waals surface area (Å²) in [7, 11) is 1.36. The number of thioether (sulfide) groups is 1. The molecule has 0 radical (unpaired) electrons. The van der Waals surface area contributed by atoms with Gasteiger partial charge in [0.2, 0.25) is 0 Å². The van der Waals surface area contributed by atoms with Gasteiger partial charge < -0.3 is 4.74 Å². The van der Waals surface area contributed by atoms with Gasteiger partial charge in [-0.15, -0.1) is 11.8 Å². The van der Waals surface area contributed by atoms with Crippen molar-refractivity contribution in [2.24, 2.45) is 0 Å². The van der Waals surface area contributed by atoms with Crippen molar-refractivity contribution in [2.75, 3.05) is 7.11 Å². The number of hydrogen-bond acceptors (Lipinski definition) is 5. The average Bonchev–Trinajstić information content (AvgIpc) is 2.35. The molecule has 0 N–H and O–H groups in total. The molecule has 0 saturated carbocycles. The monoisotopic (exact) mass is 269 g/mol. The highest BCUT2D eigenvalue weighted by atomic mass is 32.2. The third kappa shape index (κ3) is 3.73. The van der Waals surface area contributed by atoms with Crippen molar-refractivity contribution in [1.82, 2.24) is 0 Å². The first-order valence-corrected chi connectivity index (χ1v) is 6.31. The van der Waals surface area contributed by atoms with Gasteiger partial charge in [-0.1, -0.05) is 12.1 Å². The van der Waals surface area contributed by atoms with Gasteiger partial charge in [-0.3, -0.25) is 14.9 Å². The Balaban J connectivity index is 2.64. The quantitative estimate of drug-likeness (QED) is 0.467. The molecule has 18 heavy (non-hydrogen) atoms. The lowest BCUT2D eigenvalue weighted by Crippen LogP contribution is -2.29. The second-order valence-electron chi connectivity index (χ2n) is 4.21. The Morgan fingerprint density at radius 1 is 1.39 bits per heavy atom. The maximum absolute atomic E-state index is 11.5. The van der Waals surface area contributed by atoms with E-state index in [4.69, 9.17) is 4.74 Å². The van der Waals surface area contributed by atoms with Gasteiger partial charge in [-0.2, -0.15) is 0 Å². The molecule has 0 aliphatic heterocycles. The summed E-state index contributed by atoms with van der Waals surface area (Å²) >= 11 is 1.43. The van der Waals surface area contributed by atoms with Crippen LogP contribution in [0.2, 0.25) is 0 Å². The molecule has 0 aliphatic rings. The van der Waals surface area contributed by atoms with Crippen LogP contribution in [0.25, 0.3) is 0 Å². The predicted molar refractivity (Wildman–Crippen MR) is 70.5 cm³/mol. The van der Waals surface area contributed by atoms with Crippen LogP contribution in [0, 0.1) is 10.1 Å². The highest BCUT2D eigenvalue weighted by Crippen LogP contribution is 2.29. The molecule has 0 unspecified atom stereocenters. The Kier molecular flexibility index (Phi) is 4.72. The molecule has 98 valence electrons. The van der Waals surface area contributed by atoms with Crippen molar-refractivity contribution in [1.29, 1.82) is 0 Å². The van der Waals surface area contributed by atoms with Crippen LogP contribution in [0.1, 0.15) is 19.4 Å². The van der Waals surface area contributed by atoms with Crippen molar-refractivity contribution in [3.05, 3.63) is 39.9 Å². The summed E-state index contributed by atoms with van der Waals surface area (Å²) in [4.78, 5) is 21.5. The number of non-ortho nitro benzene ring substituents is 1. The minimum atomic E-state index is -0.628. The molecule has 0 bridgehead atoms. The third-order valence-corrected chi connectivity index (χ3v) is 3.79. The molecule has 0 fully saturated rings. The number of nitro benzene ring substituents is 1. The molecule has 1 rings (SSSR count). The lowest BCUT2D eigenvalue weighted by atomic mass is 10.2. The Hall–Kier alpha value is -1.56. The largest absolute Gasteiger partial charge is 0.468 e. The molecule has 0 aliphatic carbocycles. The molecule has 0 spiro atoms. The van der Waals surface area contributed by atoms with Crippen LogP contribution in [0.4, 0.5) is 5.69 Å². The number of carbonyl (C=O) groups excluding carboxylic acids is 1. The zero-order valence-electron chi connectivity index (χ0n) is 10.5. The Bertz CT molecular complexity index is 442. The zero-order chi connectivity index (χ0) is 13.8. The van der Waals surface area contributed by atoms with E-state index in [-0.39, 0.29) is 11.7 Å². The summed E-state index contributed by atoms with van der Waals surface area (Å²) < 4.78 is 4.08. The first-order chi connectivity index (χ1) is 8.36.